The molecule has 1 aliphatic rings. The van der Waals surface area contributed by atoms with Crippen molar-refractivity contribution in [2.75, 3.05) is 6.61 Å². The van der Waals surface area contributed by atoms with Crippen LogP contribution in [-0.2, 0) is 4.74 Å². The Hall–Kier alpha value is 0.107. The Balaban J connectivity index is 2.33. The second-order valence-corrected chi connectivity index (χ2v) is 3.90. The number of halogens is 1. The third-order valence-electron chi connectivity index (χ3n) is 1.42. The van der Waals surface area contributed by atoms with Crippen molar-refractivity contribution in [3.05, 3.63) is 0 Å². The van der Waals surface area contributed by atoms with Crippen LogP contribution >= 0.6 is 0 Å². The molecule has 0 radical (unpaired) electrons. The van der Waals surface area contributed by atoms with Gasteiger partial charge < -0.3 is 4.74 Å². The van der Waals surface area contributed by atoms with Crippen molar-refractivity contribution in [2.24, 2.45) is 0 Å². The average Bonchev–Trinajstić information content (AvgIpc) is 1.65. The van der Waals surface area contributed by atoms with Gasteiger partial charge in [0.05, 0.1) is 10.2 Å². The quantitative estimate of drug-likeness (QED) is 0.429. The summed E-state index contributed by atoms with van der Waals surface area (Å²) in [6.07, 6.45) is 2.66. The van der Waals surface area contributed by atoms with Gasteiger partial charge in [0.2, 0.25) is 0 Å². The lowest BCUT2D eigenvalue weighted by Gasteiger charge is -2.25. The van der Waals surface area contributed by atoms with Gasteiger partial charge in [-0.15, -0.1) is 0 Å². The molecule has 0 N–H and O–H groups in total. The summed E-state index contributed by atoms with van der Waals surface area (Å²) in [4.78, 5) is 0. The van der Waals surface area contributed by atoms with Crippen LogP contribution in [0.4, 0.5) is 4.39 Å². The molecule has 0 aromatic carbocycles. The van der Waals surface area contributed by atoms with Crippen molar-refractivity contribution in [1.82, 2.24) is 0 Å². The van der Waals surface area contributed by atoms with Crippen LogP contribution in [0.3, 0.4) is 0 Å². The zero-order valence-corrected chi connectivity index (χ0v) is 7.11. The van der Waals surface area contributed by atoms with Gasteiger partial charge >= 0.3 is 0 Å². The maximum absolute atomic E-state index is 12.7. The number of ether oxygens (including phenoxy) is 1. The van der Waals surface area contributed by atoms with Crippen molar-refractivity contribution in [2.45, 2.75) is 24.7 Å². The lowest BCUT2D eigenvalue weighted by Crippen LogP contribution is -2.31. The molecule has 1 unspecified atom stereocenters. The first-order valence-electron chi connectivity index (χ1n) is 3.04. The highest BCUT2D eigenvalue weighted by Crippen LogP contribution is 2.21. The highest BCUT2D eigenvalue weighted by molar-refractivity contribution is 6.13. The summed E-state index contributed by atoms with van der Waals surface area (Å²) in [5.41, 5.74) is -1.18. The van der Waals surface area contributed by atoms with Crippen LogP contribution in [0, 0.1) is 0 Å². The summed E-state index contributed by atoms with van der Waals surface area (Å²) in [6, 6.07) is 0. The highest BCUT2D eigenvalue weighted by atomic mass is 28.1. The summed E-state index contributed by atoms with van der Waals surface area (Å²) in [5.74, 6) is 0. The molecule has 0 aromatic heterocycles. The number of alkyl halides is 1. The maximum atomic E-state index is 12.7. The molecule has 8 heavy (non-hydrogen) atoms. The second kappa shape index (κ2) is 2.15. The fourth-order valence-corrected chi connectivity index (χ4v) is 1.46. The van der Waals surface area contributed by atoms with Crippen LogP contribution in [-0.4, -0.2) is 22.3 Å². The van der Waals surface area contributed by atoms with Gasteiger partial charge in [-0.25, -0.2) is 4.39 Å². The zero-order chi connectivity index (χ0) is 6.04. The predicted octanol–water partition coefficient (Wildman–Crippen LogP) is 0.176. The zero-order valence-electron chi connectivity index (χ0n) is 5.11. The molecule has 0 saturated carbocycles. The van der Waals surface area contributed by atoms with Crippen molar-refractivity contribution in [1.29, 1.82) is 0 Å². The fraction of sp³-hybridized carbons (Fsp3) is 1.00. The largest absolute Gasteiger partial charge is 0.350 e. The van der Waals surface area contributed by atoms with Crippen LogP contribution in [0.25, 0.3) is 0 Å². The van der Waals surface area contributed by atoms with E-state index >= 15 is 0 Å². The summed E-state index contributed by atoms with van der Waals surface area (Å²) in [5, 5.41) is 0. The number of hydrogen-bond acceptors (Lipinski definition) is 1. The molecule has 1 nitrogen and oxygen atoms in total. The van der Waals surface area contributed by atoms with E-state index in [2.05, 4.69) is 0 Å². The van der Waals surface area contributed by atoms with E-state index in [0.29, 0.717) is 23.3 Å². The number of rotatable bonds is 0. The first-order valence-corrected chi connectivity index (χ1v) is 4.04. The normalized spacial score (nSPS) is 40.1. The first kappa shape index (κ1) is 6.23. The van der Waals surface area contributed by atoms with Crippen LogP contribution in [0.15, 0.2) is 0 Å². The van der Waals surface area contributed by atoms with Crippen LogP contribution in [0.2, 0.25) is 0 Å². The molecular formula is C5H11FOSi. The van der Waals surface area contributed by atoms with Crippen molar-refractivity contribution >= 4 is 10.2 Å². The molecule has 0 aromatic rings. The molecule has 1 saturated heterocycles. The van der Waals surface area contributed by atoms with Gasteiger partial charge in [0, 0.05) is 13.0 Å². The monoisotopic (exact) mass is 134 g/mol. The van der Waals surface area contributed by atoms with E-state index in [1.165, 1.54) is 0 Å². The fourth-order valence-electron chi connectivity index (χ4n) is 0.900. The summed E-state index contributed by atoms with van der Waals surface area (Å²) in [7, 11) is 0.521. The van der Waals surface area contributed by atoms with Crippen LogP contribution in [0.1, 0.15) is 19.3 Å². The highest BCUT2D eigenvalue weighted by Gasteiger charge is 2.25. The summed E-state index contributed by atoms with van der Waals surface area (Å²) in [6.45, 7) is 0.625. The Bertz CT molecular complexity index is 76.5. The third-order valence-corrected chi connectivity index (χ3v) is 2.21. The molecule has 1 rings (SSSR count). The van der Waals surface area contributed by atoms with E-state index in [0.717, 1.165) is 12.8 Å². The van der Waals surface area contributed by atoms with E-state index in [-0.39, 0.29) is 0 Å². The standard InChI is InChI=1S/C5H11FOSi/c6-5(8)3-1-2-4-7-5/h1-4H2,8H3. The van der Waals surface area contributed by atoms with E-state index in [1.807, 2.05) is 0 Å². The molecule has 48 valence electrons. The molecule has 1 heterocycles. The Morgan fingerprint density at radius 3 is 2.50 bits per heavy atom. The van der Waals surface area contributed by atoms with Gasteiger partial charge in [0.1, 0.15) is 0 Å². The Kier molecular flexibility index (Phi) is 1.67. The third kappa shape index (κ3) is 1.56. The van der Waals surface area contributed by atoms with E-state index in [1.54, 1.807) is 0 Å². The average molecular weight is 134 g/mol. The Labute approximate surface area is 51.6 Å². The van der Waals surface area contributed by atoms with E-state index in [4.69, 9.17) is 4.74 Å². The van der Waals surface area contributed by atoms with Gasteiger partial charge in [-0.1, -0.05) is 0 Å². The van der Waals surface area contributed by atoms with Crippen LogP contribution < -0.4 is 0 Å². The van der Waals surface area contributed by atoms with E-state index in [9.17, 15) is 4.39 Å². The summed E-state index contributed by atoms with van der Waals surface area (Å²) >= 11 is 0. The molecule has 0 aliphatic carbocycles. The lowest BCUT2D eigenvalue weighted by atomic mass is 10.2. The van der Waals surface area contributed by atoms with Crippen molar-refractivity contribution in [3.8, 4) is 0 Å². The Morgan fingerprint density at radius 1 is 1.50 bits per heavy atom. The molecule has 1 fully saturated rings. The topological polar surface area (TPSA) is 9.23 Å². The smallest absolute Gasteiger partial charge is 0.181 e. The van der Waals surface area contributed by atoms with Crippen molar-refractivity contribution < 1.29 is 9.13 Å². The van der Waals surface area contributed by atoms with Gasteiger partial charge in [-0.2, -0.15) is 0 Å². The molecule has 1 aliphatic heterocycles. The minimum atomic E-state index is -1.18. The van der Waals surface area contributed by atoms with Gasteiger partial charge in [0.15, 0.2) is 5.48 Å². The van der Waals surface area contributed by atoms with Gasteiger partial charge in [0.25, 0.3) is 0 Å². The predicted molar refractivity (Wildman–Crippen MR) is 33.6 cm³/mol. The Morgan fingerprint density at radius 2 is 2.25 bits per heavy atom. The van der Waals surface area contributed by atoms with Gasteiger partial charge in [-0.3, -0.25) is 0 Å². The minimum absolute atomic E-state index is 0.521. The second-order valence-electron chi connectivity index (χ2n) is 2.41. The molecule has 0 amide bonds. The first-order chi connectivity index (χ1) is 3.71. The summed E-state index contributed by atoms with van der Waals surface area (Å²) < 4.78 is 17.6. The van der Waals surface area contributed by atoms with Crippen molar-refractivity contribution in [3.63, 3.8) is 0 Å². The van der Waals surface area contributed by atoms with Gasteiger partial charge in [-0.05, 0) is 12.8 Å². The molecule has 3 heteroatoms. The molecule has 1 atom stereocenters. The molecule has 0 bridgehead atoms. The minimum Gasteiger partial charge on any atom is -0.350 e. The lowest BCUT2D eigenvalue weighted by molar-refractivity contribution is -0.105. The molecular weight excluding hydrogens is 123 g/mol. The number of hydrogen-bond donors (Lipinski definition) is 0. The molecule has 0 spiro atoms. The maximum Gasteiger partial charge on any atom is 0.181 e. The van der Waals surface area contributed by atoms with E-state index < -0.39 is 5.48 Å². The van der Waals surface area contributed by atoms with Crippen LogP contribution in [0.5, 0.6) is 0 Å². The SMILES string of the molecule is FC1([SiH3])CCCCO1.